The van der Waals surface area contributed by atoms with Crippen molar-refractivity contribution in [2.75, 3.05) is 32.8 Å². The maximum absolute atomic E-state index is 11.7. The van der Waals surface area contributed by atoms with Crippen molar-refractivity contribution >= 4 is 6.09 Å². The largest absolute Gasteiger partial charge is 0.450 e. The Balaban J connectivity index is 1.84. The summed E-state index contributed by atoms with van der Waals surface area (Å²) in [6.07, 6.45) is 0.747. The zero-order valence-corrected chi connectivity index (χ0v) is 11.6. The van der Waals surface area contributed by atoms with Crippen molar-refractivity contribution < 1.29 is 14.1 Å². The molecule has 0 atom stereocenters. The minimum atomic E-state index is -0.207. The lowest BCUT2D eigenvalue weighted by atomic mass is 10.3. The van der Waals surface area contributed by atoms with E-state index in [2.05, 4.69) is 10.1 Å². The Bertz CT molecular complexity index is 419. The van der Waals surface area contributed by atoms with Gasteiger partial charge in [-0.2, -0.15) is 0 Å². The summed E-state index contributed by atoms with van der Waals surface area (Å²) in [6, 6.07) is 1.95. The molecular formula is C13H21N3O3. The van der Waals surface area contributed by atoms with Crippen molar-refractivity contribution in [1.29, 1.82) is 0 Å². The van der Waals surface area contributed by atoms with E-state index in [4.69, 9.17) is 9.26 Å². The summed E-state index contributed by atoms with van der Waals surface area (Å²) in [6.45, 7) is 8.18. The van der Waals surface area contributed by atoms with Gasteiger partial charge in [0, 0.05) is 38.8 Å². The molecule has 1 aromatic rings. The molecule has 1 aromatic heterocycles. The third kappa shape index (κ3) is 3.96. The van der Waals surface area contributed by atoms with Gasteiger partial charge in [-0.05, 0) is 20.3 Å². The quantitative estimate of drug-likeness (QED) is 0.833. The minimum Gasteiger partial charge on any atom is -0.450 e. The molecule has 106 valence electrons. The molecule has 1 saturated heterocycles. The summed E-state index contributed by atoms with van der Waals surface area (Å²) in [5.74, 6) is 0.831. The minimum absolute atomic E-state index is 0.207. The molecule has 1 aliphatic heterocycles. The van der Waals surface area contributed by atoms with Crippen LogP contribution in [-0.2, 0) is 11.3 Å². The Morgan fingerprint density at radius 2 is 2.26 bits per heavy atom. The van der Waals surface area contributed by atoms with Gasteiger partial charge in [0.25, 0.3) is 0 Å². The van der Waals surface area contributed by atoms with Crippen molar-refractivity contribution in [2.45, 2.75) is 26.8 Å². The highest BCUT2D eigenvalue weighted by molar-refractivity contribution is 5.67. The van der Waals surface area contributed by atoms with Gasteiger partial charge in [0.15, 0.2) is 0 Å². The first kappa shape index (κ1) is 13.9. The molecule has 0 aliphatic carbocycles. The van der Waals surface area contributed by atoms with Crippen LogP contribution >= 0.6 is 0 Å². The number of carbonyl (C=O) groups is 1. The number of rotatable bonds is 3. The van der Waals surface area contributed by atoms with E-state index in [0.717, 1.165) is 44.1 Å². The molecule has 6 heteroatoms. The first-order valence-electron chi connectivity index (χ1n) is 6.75. The van der Waals surface area contributed by atoms with Crippen LogP contribution in [-0.4, -0.2) is 53.8 Å². The average Bonchev–Trinajstić information content (AvgIpc) is 2.64. The molecule has 2 rings (SSSR count). The van der Waals surface area contributed by atoms with Crippen molar-refractivity contribution in [3.8, 4) is 0 Å². The zero-order valence-electron chi connectivity index (χ0n) is 11.6. The summed E-state index contributed by atoms with van der Waals surface area (Å²) in [7, 11) is 0. The number of carbonyl (C=O) groups excluding carboxylic acids is 1. The standard InChI is InChI=1S/C13H21N3O3/c1-3-18-13(17)16-6-4-5-15(7-8-16)10-12-9-11(2)19-14-12/h9H,3-8,10H2,1-2H3. The lowest BCUT2D eigenvalue weighted by molar-refractivity contribution is 0.108. The molecule has 0 N–H and O–H groups in total. The highest BCUT2D eigenvalue weighted by Gasteiger charge is 2.20. The maximum atomic E-state index is 11.7. The van der Waals surface area contributed by atoms with Gasteiger partial charge in [0.2, 0.25) is 0 Å². The number of aromatic nitrogens is 1. The summed E-state index contributed by atoms with van der Waals surface area (Å²) >= 11 is 0. The molecule has 0 saturated carbocycles. The van der Waals surface area contributed by atoms with Crippen LogP contribution in [0.4, 0.5) is 4.79 Å². The van der Waals surface area contributed by atoms with E-state index in [9.17, 15) is 4.79 Å². The fourth-order valence-corrected chi connectivity index (χ4v) is 2.25. The molecule has 0 radical (unpaired) electrons. The second-order valence-electron chi connectivity index (χ2n) is 4.74. The van der Waals surface area contributed by atoms with Gasteiger partial charge in [-0.25, -0.2) is 4.79 Å². The highest BCUT2D eigenvalue weighted by atomic mass is 16.6. The second-order valence-corrected chi connectivity index (χ2v) is 4.74. The Hall–Kier alpha value is -1.56. The van der Waals surface area contributed by atoms with Crippen LogP contribution in [0, 0.1) is 6.92 Å². The Morgan fingerprint density at radius 3 is 2.95 bits per heavy atom. The number of amides is 1. The van der Waals surface area contributed by atoms with Crippen molar-refractivity contribution in [1.82, 2.24) is 15.0 Å². The predicted molar refractivity (Wildman–Crippen MR) is 69.7 cm³/mol. The smallest absolute Gasteiger partial charge is 0.409 e. The number of hydrogen-bond acceptors (Lipinski definition) is 5. The molecule has 6 nitrogen and oxygen atoms in total. The summed E-state index contributed by atoms with van der Waals surface area (Å²) in [5, 5.41) is 4.00. The van der Waals surface area contributed by atoms with Crippen molar-refractivity contribution in [2.24, 2.45) is 0 Å². The molecule has 19 heavy (non-hydrogen) atoms. The van der Waals surface area contributed by atoms with E-state index in [1.807, 2.05) is 19.9 Å². The van der Waals surface area contributed by atoms with Crippen LogP contribution < -0.4 is 0 Å². The fraction of sp³-hybridized carbons (Fsp3) is 0.692. The highest BCUT2D eigenvalue weighted by Crippen LogP contribution is 2.10. The lowest BCUT2D eigenvalue weighted by Crippen LogP contribution is -2.35. The molecule has 0 bridgehead atoms. The Morgan fingerprint density at radius 1 is 1.42 bits per heavy atom. The fourth-order valence-electron chi connectivity index (χ4n) is 2.25. The SMILES string of the molecule is CCOC(=O)N1CCCN(Cc2cc(C)on2)CC1. The first-order chi connectivity index (χ1) is 9.19. The zero-order chi connectivity index (χ0) is 13.7. The molecule has 0 aromatic carbocycles. The summed E-state index contributed by atoms with van der Waals surface area (Å²) < 4.78 is 10.1. The van der Waals surface area contributed by atoms with Crippen LogP contribution in [0.5, 0.6) is 0 Å². The third-order valence-corrected chi connectivity index (χ3v) is 3.18. The van der Waals surface area contributed by atoms with Crippen molar-refractivity contribution in [3.05, 3.63) is 17.5 Å². The lowest BCUT2D eigenvalue weighted by Gasteiger charge is -2.20. The molecule has 1 amide bonds. The van der Waals surface area contributed by atoms with Crippen LogP contribution in [0.15, 0.2) is 10.6 Å². The van der Waals surface area contributed by atoms with Gasteiger partial charge in [0.1, 0.15) is 5.76 Å². The molecule has 2 heterocycles. The van der Waals surface area contributed by atoms with Crippen LogP contribution in [0.2, 0.25) is 0 Å². The number of ether oxygens (including phenoxy) is 1. The first-order valence-corrected chi connectivity index (χ1v) is 6.75. The Labute approximate surface area is 113 Å². The van der Waals surface area contributed by atoms with E-state index in [1.54, 1.807) is 4.90 Å². The van der Waals surface area contributed by atoms with Gasteiger partial charge in [-0.3, -0.25) is 4.90 Å². The Kier molecular flexibility index (Phi) is 4.79. The van der Waals surface area contributed by atoms with E-state index >= 15 is 0 Å². The summed E-state index contributed by atoms with van der Waals surface area (Å²) in [4.78, 5) is 15.7. The van der Waals surface area contributed by atoms with Gasteiger partial charge >= 0.3 is 6.09 Å². The molecule has 1 aliphatic rings. The van der Waals surface area contributed by atoms with Crippen LogP contribution in [0.1, 0.15) is 24.8 Å². The van der Waals surface area contributed by atoms with Gasteiger partial charge in [-0.15, -0.1) is 0 Å². The molecule has 1 fully saturated rings. The number of nitrogens with zero attached hydrogens (tertiary/aromatic N) is 3. The number of aryl methyl sites for hydroxylation is 1. The third-order valence-electron chi connectivity index (χ3n) is 3.18. The average molecular weight is 267 g/mol. The van der Waals surface area contributed by atoms with E-state index in [1.165, 1.54) is 0 Å². The predicted octanol–water partition coefficient (Wildman–Crippen LogP) is 1.65. The van der Waals surface area contributed by atoms with Crippen molar-refractivity contribution in [3.63, 3.8) is 0 Å². The topological polar surface area (TPSA) is 58.8 Å². The normalized spacial score (nSPS) is 17.3. The van der Waals surface area contributed by atoms with Gasteiger partial charge in [0.05, 0.1) is 12.3 Å². The number of hydrogen-bond donors (Lipinski definition) is 0. The van der Waals surface area contributed by atoms with Crippen LogP contribution in [0.3, 0.4) is 0 Å². The second kappa shape index (κ2) is 6.56. The molecule has 0 spiro atoms. The van der Waals surface area contributed by atoms with E-state index in [0.29, 0.717) is 13.2 Å². The maximum Gasteiger partial charge on any atom is 0.409 e. The molecular weight excluding hydrogens is 246 g/mol. The van der Waals surface area contributed by atoms with E-state index in [-0.39, 0.29) is 6.09 Å². The van der Waals surface area contributed by atoms with Crippen LogP contribution in [0.25, 0.3) is 0 Å². The monoisotopic (exact) mass is 267 g/mol. The van der Waals surface area contributed by atoms with Gasteiger partial charge in [-0.1, -0.05) is 5.16 Å². The van der Waals surface area contributed by atoms with Gasteiger partial charge < -0.3 is 14.2 Å². The van der Waals surface area contributed by atoms with E-state index < -0.39 is 0 Å². The summed E-state index contributed by atoms with van der Waals surface area (Å²) in [5.41, 5.74) is 0.946. The molecule has 0 unspecified atom stereocenters.